The molecule has 1 aromatic heterocycles. The SMILES string of the molecule is [2H][C@H]1[C@@H]2O[Si](C(C)C)(C(C)C)O[Si](C(C)C)(C(C)C)OC[C@H]2O[C@H]1n1ccc(=O)[nH]c1=O. The summed E-state index contributed by atoms with van der Waals surface area (Å²) >= 11 is 0. The average molecular weight is 472 g/mol. The molecule has 4 atom stereocenters. The Balaban J connectivity index is 2.08. The summed E-state index contributed by atoms with van der Waals surface area (Å²) < 4.78 is 37.1. The van der Waals surface area contributed by atoms with Crippen molar-refractivity contribution in [2.24, 2.45) is 0 Å². The van der Waals surface area contributed by atoms with Gasteiger partial charge in [-0.2, -0.15) is 0 Å². The van der Waals surface area contributed by atoms with E-state index in [0.717, 1.165) is 0 Å². The Hall–Kier alpha value is -1.05. The van der Waals surface area contributed by atoms with Gasteiger partial charge < -0.3 is 17.7 Å². The fourth-order valence-electron chi connectivity index (χ4n) is 4.76. The molecule has 2 saturated heterocycles. The van der Waals surface area contributed by atoms with Crippen molar-refractivity contribution in [2.45, 2.75) is 102 Å². The monoisotopic (exact) mass is 471 g/mol. The molecule has 0 saturated carbocycles. The predicted molar refractivity (Wildman–Crippen MR) is 124 cm³/mol. The molecule has 2 aliphatic rings. The number of hydrogen-bond acceptors (Lipinski definition) is 6. The molecule has 10 heteroatoms. The van der Waals surface area contributed by atoms with Crippen LogP contribution in [-0.2, 0) is 17.7 Å². The number of ether oxygens (including phenoxy) is 1. The quantitative estimate of drug-likeness (QED) is 0.657. The largest absolute Gasteiger partial charge is 0.414 e. The van der Waals surface area contributed by atoms with Crippen LogP contribution in [0.1, 0.15) is 69.4 Å². The lowest BCUT2D eigenvalue weighted by Crippen LogP contribution is -2.65. The smallest absolute Gasteiger partial charge is 0.335 e. The number of aromatic nitrogens is 2. The van der Waals surface area contributed by atoms with Crippen LogP contribution in [0.5, 0.6) is 0 Å². The molecule has 1 N–H and O–H groups in total. The molecule has 0 spiro atoms. The second-order valence-corrected chi connectivity index (χ2v) is 18.7. The highest BCUT2D eigenvalue weighted by Crippen LogP contribution is 2.48. The van der Waals surface area contributed by atoms with Gasteiger partial charge in [-0.1, -0.05) is 55.4 Å². The Bertz CT molecular complexity index is 902. The normalized spacial score (nSPS) is 31.0. The highest BCUT2D eigenvalue weighted by Gasteiger charge is 2.60. The number of nitrogens with zero attached hydrogens (tertiary/aromatic N) is 1. The first kappa shape index (κ1) is 23.1. The molecule has 3 heterocycles. The maximum absolute atomic E-state index is 12.4. The first-order chi connectivity index (χ1) is 14.9. The Kier molecular flexibility index (Phi) is 6.76. The Morgan fingerprint density at radius 2 is 1.58 bits per heavy atom. The molecule has 0 bridgehead atoms. The molecule has 0 aliphatic carbocycles. The van der Waals surface area contributed by atoms with Gasteiger partial charge in [0.1, 0.15) is 12.3 Å². The van der Waals surface area contributed by atoms with Gasteiger partial charge in [0, 0.05) is 20.0 Å². The maximum atomic E-state index is 12.4. The van der Waals surface area contributed by atoms with Gasteiger partial charge >= 0.3 is 22.8 Å². The third-order valence-corrected chi connectivity index (χ3v) is 16.7. The van der Waals surface area contributed by atoms with Crippen LogP contribution in [0.4, 0.5) is 0 Å². The van der Waals surface area contributed by atoms with Gasteiger partial charge in [0.2, 0.25) is 0 Å². The van der Waals surface area contributed by atoms with E-state index in [4.69, 9.17) is 19.1 Å². The van der Waals surface area contributed by atoms with Crippen molar-refractivity contribution < 1.29 is 19.1 Å². The summed E-state index contributed by atoms with van der Waals surface area (Å²) in [5, 5.41) is 0. The number of rotatable bonds is 5. The molecular formula is C21H38N2O6Si2. The van der Waals surface area contributed by atoms with Crippen LogP contribution in [0.15, 0.2) is 21.9 Å². The molecule has 176 valence electrons. The van der Waals surface area contributed by atoms with Gasteiger partial charge in [-0.15, -0.1) is 0 Å². The number of H-pyrrole nitrogens is 1. The Morgan fingerprint density at radius 1 is 1.00 bits per heavy atom. The average Bonchev–Trinajstić information content (AvgIpc) is 2.96. The molecule has 3 rings (SSSR count). The van der Waals surface area contributed by atoms with Crippen molar-refractivity contribution in [1.82, 2.24) is 9.55 Å². The van der Waals surface area contributed by atoms with Crippen molar-refractivity contribution >= 4 is 17.1 Å². The van der Waals surface area contributed by atoms with Gasteiger partial charge in [0.25, 0.3) is 5.56 Å². The lowest BCUT2D eigenvalue weighted by Gasteiger charge is -2.51. The van der Waals surface area contributed by atoms with Gasteiger partial charge in [-0.05, 0) is 22.2 Å². The summed E-state index contributed by atoms with van der Waals surface area (Å²) in [6.07, 6.45) is -1.47. The Morgan fingerprint density at radius 3 is 2.10 bits per heavy atom. The van der Waals surface area contributed by atoms with Crippen LogP contribution < -0.4 is 11.2 Å². The van der Waals surface area contributed by atoms with Gasteiger partial charge in [-0.25, -0.2) is 4.79 Å². The van der Waals surface area contributed by atoms with Crippen molar-refractivity contribution in [2.75, 3.05) is 6.61 Å². The highest BCUT2D eigenvalue weighted by molar-refractivity contribution is 6.83. The summed E-state index contributed by atoms with van der Waals surface area (Å²) in [7, 11) is -5.57. The minimum Gasteiger partial charge on any atom is -0.414 e. The molecule has 0 aromatic carbocycles. The Labute approximate surface area is 188 Å². The van der Waals surface area contributed by atoms with Gasteiger partial charge in [-0.3, -0.25) is 14.3 Å². The summed E-state index contributed by atoms with van der Waals surface area (Å²) in [4.78, 5) is 26.2. The van der Waals surface area contributed by atoms with E-state index in [1.807, 2.05) is 0 Å². The fourth-order valence-corrected chi connectivity index (χ4v) is 15.9. The summed E-state index contributed by atoms with van der Waals surface area (Å²) in [6, 6.07) is 1.26. The van der Waals surface area contributed by atoms with Crippen molar-refractivity contribution in [3.8, 4) is 0 Å². The van der Waals surface area contributed by atoms with E-state index in [0.29, 0.717) is 0 Å². The minimum absolute atomic E-state index is 0.135. The zero-order chi connectivity index (χ0) is 24.0. The second kappa shape index (κ2) is 9.07. The van der Waals surface area contributed by atoms with Crippen LogP contribution in [0.3, 0.4) is 0 Å². The highest BCUT2D eigenvalue weighted by atomic mass is 28.5. The fraction of sp³-hybridized carbons (Fsp3) is 0.810. The zero-order valence-corrected chi connectivity index (χ0v) is 21.9. The second-order valence-electron chi connectivity index (χ2n) is 9.83. The van der Waals surface area contributed by atoms with Crippen molar-refractivity contribution in [3.05, 3.63) is 33.1 Å². The number of aromatic amines is 1. The van der Waals surface area contributed by atoms with E-state index in [1.165, 1.54) is 16.8 Å². The molecule has 0 radical (unpaired) electrons. The molecule has 8 nitrogen and oxygen atoms in total. The third-order valence-electron chi connectivity index (χ3n) is 6.49. The molecular weight excluding hydrogens is 432 g/mol. The van der Waals surface area contributed by atoms with Gasteiger partial charge in [0.05, 0.1) is 12.7 Å². The molecule has 2 aliphatic heterocycles. The number of hydrogen-bond donors (Lipinski definition) is 1. The lowest BCUT2D eigenvalue weighted by atomic mass is 10.2. The van der Waals surface area contributed by atoms with Crippen LogP contribution in [0.2, 0.25) is 22.2 Å². The van der Waals surface area contributed by atoms with Crippen molar-refractivity contribution in [3.63, 3.8) is 0 Å². The standard InChI is InChI=1S/C21H38N2O6Si2/c1-13(2)30(14(3)4)26-12-18-17(28-31(29-30,15(5)6)16(7)8)11-20(27-18)23-10-9-19(24)22-21(23)25/h9-10,13-18,20H,11-12H2,1-8H3,(H,22,24,25)/t17-,18+,20+/m0/s1/i11D/t11-,17-,18+,20+. The molecule has 0 amide bonds. The summed E-state index contributed by atoms with van der Waals surface area (Å²) in [5.41, 5.74) is -0.404. The van der Waals surface area contributed by atoms with Crippen LogP contribution in [0, 0.1) is 0 Å². The first-order valence-electron chi connectivity index (χ1n) is 11.8. The van der Waals surface area contributed by atoms with Gasteiger partial charge in [0.15, 0.2) is 0 Å². The molecule has 0 unspecified atom stereocenters. The van der Waals surface area contributed by atoms with E-state index in [9.17, 15) is 9.59 Å². The molecule has 1 aromatic rings. The topological polar surface area (TPSA) is 91.8 Å². The summed E-state index contributed by atoms with van der Waals surface area (Å²) in [5.74, 6) is 0. The predicted octanol–water partition coefficient (Wildman–Crippen LogP) is 3.78. The van der Waals surface area contributed by atoms with E-state index in [-0.39, 0.29) is 28.8 Å². The third kappa shape index (κ3) is 4.42. The zero-order valence-electron chi connectivity index (χ0n) is 20.9. The van der Waals surface area contributed by atoms with Crippen LogP contribution >= 0.6 is 0 Å². The number of fused-ring (bicyclic) bond motifs is 1. The van der Waals surface area contributed by atoms with Crippen molar-refractivity contribution in [1.29, 1.82) is 0 Å². The lowest BCUT2D eigenvalue weighted by molar-refractivity contribution is -0.0566. The first-order valence-corrected chi connectivity index (χ1v) is 15.2. The molecule has 2 fully saturated rings. The van der Waals surface area contributed by atoms with E-state index < -0.39 is 53.2 Å². The van der Waals surface area contributed by atoms with E-state index in [1.54, 1.807) is 0 Å². The van der Waals surface area contributed by atoms with E-state index >= 15 is 0 Å². The van der Waals surface area contributed by atoms with Crippen LogP contribution in [-0.4, -0.2) is 45.5 Å². The molecule has 31 heavy (non-hydrogen) atoms. The summed E-state index contributed by atoms with van der Waals surface area (Å²) in [6.45, 7) is 17.4. The van der Waals surface area contributed by atoms with E-state index in [2.05, 4.69) is 60.4 Å². The van der Waals surface area contributed by atoms with Crippen LogP contribution in [0.25, 0.3) is 0 Å². The maximum Gasteiger partial charge on any atom is 0.335 e. The minimum atomic E-state index is -2.87. The number of nitrogens with one attached hydrogen (secondary N) is 1.